The zero-order chi connectivity index (χ0) is 12.5. The normalized spacial score (nSPS) is 19.3. The first-order valence-corrected chi connectivity index (χ1v) is 7.08. The average Bonchev–Trinajstić information content (AvgIpc) is 3.01. The lowest BCUT2D eigenvalue weighted by atomic mass is 10.1. The highest BCUT2D eigenvalue weighted by Crippen LogP contribution is 2.26. The van der Waals surface area contributed by atoms with Gasteiger partial charge in [0.2, 0.25) is 0 Å². The number of hydrogen-bond donors (Lipinski definition) is 2. The van der Waals surface area contributed by atoms with Crippen molar-refractivity contribution in [2.24, 2.45) is 0 Å². The monoisotopic (exact) mass is 305 g/mol. The average molecular weight is 306 g/mol. The molecule has 0 bridgehead atoms. The lowest BCUT2D eigenvalue weighted by Gasteiger charge is -2.06. The van der Waals surface area contributed by atoms with E-state index in [1.54, 1.807) is 0 Å². The molecular formula is C14H16BrN3. The molecule has 1 aliphatic heterocycles. The van der Waals surface area contributed by atoms with Crippen molar-refractivity contribution in [3.05, 3.63) is 40.3 Å². The summed E-state index contributed by atoms with van der Waals surface area (Å²) in [4.78, 5) is 7.93. The minimum absolute atomic E-state index is 0.398. The van der Waals surface area contributed by atoms with Gasteiger partial charge in [0.15, 0.2) is 0 Å². The summed E-state index contributed by atoms with van der Waals surface area (Å²) in [6, 6.07) is 6.76. The molecule has 1 fully saturated rings. The van der Waals surface area contributed by atoms with Crippen LogP contribution in [0.15, 0.2) is 28.9 Å². The lowest BCUT2D eigenvalue weighted by molar-refractivity contribution is 0.613. The molecule has 2 heterocycles. The standard InChI is InChI=1S/C14H16BrN3/c1-9-7-10(4-5-11(9)15)13-8-17-14(18-13)12-3-2-6-16-12/h4-5,7-8,12,16H,2-3,6H2,1H3,(H,17,18)/t12-/m0/s1. The van der Waals surface area contributed by atoms with Gasteiger partial charge >= 0.3 is 0 Å². The molecule has 3 rings (SSSR count). The van der Waals surface area contributed by atoms with Gasteiger partial charge in [-0.1, -0.05) is 22.0 Å². The van der Waals surface area contributed by atoms with Gasteiger partial charge in [-0.2, -0.15) is 0 Å². The number of aromatic nitrogens is 2. The summed E-state index contributed by atoms with van der Waals surface area (Å²) in [6.45, 7) is 3.20. The molecule has 3 nitrogen and oxygen atoms in total. The van der Waals surface area contributed by atoms with Crippen LogP contribution in [-0.4, -0.2) is 16.5 Å². The SMILES string of the molecule is Cc1cc(-c2cnc([C@@H]3CCCN3)[nH]2)ccc1Br. The van der Waals surface area contributed by atoms with Gasteiger partial charge in [-0.25, -0.2) is 4.98 Å². The molecule has 18 heavy (non-hydrogen) atoms. The molecule has 4 heteroatoms. The number of rotatable bonds is 2. The number of H-pyrrole nitrogens is 1. The van der Waals surface area contributed by atoms with Crippen LogP contribution in [0.5, 0.6) is 0 Å². The minimum Gasteiger partial charge on any atom is -0.341 e. The van der Waals surface area contributed by atoms with Crippen LogP contribution in [0.4, 0.5) is 0 Å². The van der Waals surface area contributed by atoms with Crippen LogP contribution in [0, 0.1) is 6.92 Å². The van der Waals surface area contributed by atoms with Crippen molar-refractivity contribution in [2.45, 2.75) is 25.8 Å². The van der Waals surface area contributed by atoms with Gasteiger partial charge in [0, 0.05) is 4.47 Å². The number of halogens is 1. The van der Waals surface area contributed by atoms with Crippen LogP contribution in [0.2, 0.25) is 0 Å². The maximum atomic E-state index is 4.50. The Balaban J connectivity index is 1.89. The minimum atomic E-state index is 0.398. The van der Waals surface area contributed by atoms with Crippen molar-refractivity contribution >= 4 is 15.9 Å². The molecule has 1 aliphatic rings. The van der Waals surface area contributed by atoms with Crippen molar-refractivity contribution in [3.63, 3.8) is 0 Å². The smallest absolute Gasteiger partial charge is 0.123 e. The number of aryl methyl sites for hydroxylation is 1. The van der Waals surface area contributed by atoms with Crippen LogP contribution in [0.1, 0.15) is 30.3 Å². The predicted molar refractivity (Wildman–Crippen MR) is 76.4 cm³/mol. The molecule has 1 saturated heterocycles. The van der Waals surface area contributed by atoms with E-state index in [1.807, 2.05) is 6.20 Å². The van der Waals surface area contributed by atoms with E-state index in [0.717, 1.165) is 22.5 Å². The third-order valence-corrected chi connectivity index (χ3v) is 4.34. The zero-order valence-electron chi connectivity index (χ0n) is 10.3. The highest BCUT2D eigenvalue weighted by molar-refractivity contribution is 9.10. The van der Waals surface area contributed by atoms with Gasteiger partial charge < -0.3 is 10.3 Å². The van der Waals surface area contributed by atoms with E-state index in [-0.39, 0.29) is 0 Å². The summed E-state index contributed by atoms with van der Waals surface area (Å²) < 4.78 is 1.14. The van der Waals surface area contributed by atoms with Crippen molar-refractivity contribution in [1.82, 2.24) is 15.3 Å². The van der Waals surface area contributed by atoms with Crippen molar-refractivity contribution in [2.75, 3.05) is 6.54 Å². The number of aromatic amines is 1. The Morgan fingerprint density at radius 2 is 2.28 bits per heavy atom. The topological polar surface area (TPSA) is 40.7 Å². The van der Waals surface area contributed by atoms with Crippen LogP contribution < -0.4 is 5.32 Å². The molecule has 2 aromatic rings. The summed E-state index contributed by atoms with van der Waals surface area (Å²) >= 11 is 3.53. The molecule has 0 spiro atoms. The van der Waals surface area contributed by atoms with Crippen LogP contribution in [-0.2, 0) is 0 Å². The Bertz CT molecular complexity index is 556. The molecule has 0 saturated carbocycles. The molecule has 0 radical (unpaired) electrons. The lowest BCUT2D eigenvalue weighted by Crippen LogP contribution is -2.14. The Labute approximate surface area is 115 Å². The number of benzene rings is 1. The number of nitrogens with one attached hydrogen (secondary N) is 2. The summed E-state index contributed by atoms with van der Waals surface area (Å²) in [5, 5.41) is 3.46. The third-order valence-electron chi connectivity index (χ3n) is 3.45. The highest BCUT2D eigenvalue weighted by atomic mass is 79.9. The fourth-order valence-electron chi connectivity index (χ4n) is 2.39. The van der Waals surface area contributed by atoms with Gasteiger partial charge in [0.05, 0.1) is 17.9 Å². The van der Waals surface area contributed by atoms with Crippen molar-refractivity contribution in [1.29, 1.82) is 0 Å². The van der Waals surface area contributed by atoms with Crippen LogP contribution >= 0.6 is 15.9 Å². The molecule has 0 amide bonds. The Hall–Kier alpha value is -1.13. The van der Waals surface area contributed by atoms with E-state index in [2.05, 4.69) is 56.3 Å². The maximum Gasteiger partial charge on any atom is 0.123 e. The largest absolute Gasteiger partial charge is 0.341 e. The van der Waals surface area contributed by atoms with E-state index in [0.29, 0.717) is 6.04 Å². The first kappa shape index (κ1) is 11.9. The number of nitrogens with zero attached hydrogens (tertiary/aromatic N) is 1. The fraction of sp³-hybridized carbons (Fsp3) is 0.357. The summed E-state index contributed by atoms with van der Waals surface area (Å²) in [7, 11) is 0. The molecule has 1 aromatic heterocycles. The molecule has 0 unspecified atom stereocenters. The quantitative estimate of drug-likeness (QED) is 0.890. The Morgan fingerprint density at radius 3 is 3.00 bits per heavy atom. The molecule has 1 atom stereocenters. The second-order valence-electron chi connectivity index (χ2n) is 4.80. The highest BCUT2D eigenvalue weighted by Gasteiger charge is 2.19. The van der Waals surface area contributed by atoms with Gasteiger partial charge in [-0.3, -0.25) is 0 Å². The van der Waals surface area contributed by atoms with E-state index < -0.39 is 0 Å². The Morgan fingerprint density at radius 1 is 1.39 bits per heavy atom. The molecule has 94 valence electrons. The molecule has 2 N–H and O–H groups in total. The van der Waals surface area contributed by atoms with Crippen LogP contribution in [0.3, 0.4) is 0 Å². The second kappa shape index (κ2) is 4.86. The van der Waals surface area contributed by atoms with Gasteiger partial charge in [0.25, 0.3) is 0 Å². The zero-order valence-corrected chi connectivity index (χ0v) is 11.9. The first-order valence-electron chi connectivity index (χ1n) is 6.29. The molecule has 1 aromatic carbocycles. The van der Waals surface area contributed by atoms with Crippen molar-refractivity contribution in [3.8, 4) is 11.3 Å². The van der Waals surface area contributed by atoms with E-state index >= 15 is 0 Å². The summed E-state index contributed by atoms with van der Waals surface area (Å²) in [6.07, 6.45) is 4.34. The predicted octanol–water partition coefficient (Wildman–Crippen LogP) is 3.57. The summed E-state index contributed by atoms with van der Waals surface area (Å²) in [5.74, 6) is 1.06. The third kappa shape index (κ3) is 2.22. The summed E-state index contributed by atoms with van der Waals surface area (Å²) in [5.41, 5.74) is 3.52. The number of imidazole rings is 1. The fourth-order valence-corrected chi connectivity index (χ4v) is 2.64. The van der Waals surface area contributed by atoms with Gasteiger partial charge in [-0.05, 0) is 49.6 Å². The van der Waals surface area contributed by atoms with E-state index in [1.165, 1.54) is 24.0 Å². The molecule has 0 aliphatic carbocycles. The van der Waals surface area contributed by atoms with Gasteiger partial charge in [-0.15, -0.1) is 0 Å². The first-order chi connectivity index (χ1) is 8.74. The second-order valence-corrected chi connectivity index (χ2v) is 5.65. The number of hydrogen-bond acceptors (Lipinski definition) is 2. The van der Waals surface area contributed by atoms with Gasteiger partial charge in [0.1, 0.15) is 5.82 Å². The maximum absolute atomic E-state index is 4.50. The van der Waals surface area contributed by atoms with E-state index in [9.17, 15) is 0 Å². The Kier molecular flexibility index (Phi) is 3.22. The van der Waals surface area contributed by atoms with E-state index in [4.69, 9.17) is 0 Å². The van der Waals surface area contributed by atoms with Crippen LogP contribution in [0.25, 0.3) is 11.3 Å². The molecular weight excluding hydrogens is 290 g/mol. The van der Waals surface area contributed by atoms with Crippen molar-refractivity contribution < 1.29 is 0 Å².